The van der Waals surface area contributed by atoms with E-state index in [0.29, 0.717) is 12.8 Å². The molecule has 0 saturated heterocycles. The number of carbonyl (C=O) groups is 1. The fourth-order valence-electron chi connectivity index (χ4n) is 2.12. The summed E-state index contributed by atoms with van der Waals surface area (Å²) in [7, 11) is 0. The van der Waals surface area contributed by atoms with E-state index in [1.807, 2.05) is 24.3 Å². The van der Waals surface area contributed by atoms with Crippen molar-refractivity contribution in [3.8, 4) is 5.75 Å². The molecular weight excluding hydrogens is 312 g/mol. The first kappa shape index (κ1) is 14.3. The van der Waals surface area contributed by atoms with Gasteiger partial charge >= 0.3 is 5.97 Å². The van der Waals surface area contributed by atoms with E-state index in [9.17, 15) is 9.90 Å². The van der Waals surface area contributed by atoms with Gasteiger partial charge in [-0.15, -0.1) is 0 Å². The molecule has 0 amide bonds. The van der Waals surface area contributed by atoms with E-state index in [4.69, 9.17) is 9.47 Å². The molecule has 0 aromatic heterocycles. The maximum Gasteiger partial charge on any atom is 0.338 e. The summed E-state index contributed by atoms with van der Waals surface area (Å²) in [5, 5.41) is 9.99. The molecule has 1 aliphatic rings. The Hall–Kier alpha value is -1.07. The number of hydrogen-bond acceptors (Lipinski definition) is 4. The van der Waals surface area contributed by atoms with Gasteiger partial charge in [-0.2, -0.15) is 0 Å². The normalized spacial score (nSPS) is 17.2. The highest BCUT2D eigenvalue weighted by Crippen LogP contribution is 2.30. The minimum absolute atomic E-state index is 0.150. The van der Waals surface area contributed by atoms with Crippen LogP contribution < -0.4 is 4.74 Å². The van der Waals surface area contributed by atoms with E-state index in [0.717, 1.165) is 23.1 Å². The molecule has 1 aromatic rings. The molecule has 0 unspecified atom stereocenters. The maximum atomic E-state index is 11.7. The average Bonchev–Trinajstić information content (AvgIpc) is 2.85. The van der Waals surface area contributed by atoms with Crippen molar-refractivity contribution in [3.05, 3.63) is 28.7 Å². The molecule has 1 N–H and O–H groups in total. The quantitative estimate of drug-likeness (QED) is 0.667. The monoisotopic (exact) mass is 328 g/mol. The van der Waals surface area contributed by atoms with Crippen molar-refractivity contribution >= 4 is 21.9 Å². The summed E-state index contributed by atoms with van der Waals surface area (Å²) < 4.78 is 11.5. The van der Waals surface area contributed by atoms with Crippen molar-refractivity contribution in [3.63, 3.8) is 0 Å². The molecule has 1 aliphatic carbocycles. The Bertz CT molecular complexity index is 424. The minimum Gasteiger partial charge on any atom is -0.490 e. The van der Waals surface area contributed by atoms with Crippen LogP contribution in [0.25, 0.3) is 0 Å². The molecule has 104 valence electrons. The van der Waals surface area contributed by atoms with Crippen LogP contribution in [0.15, 0.2) is 28.7 Å². The van der Waals surface area contributed by atoms with E-state index in [1.165, 1.54) is 0 Å². The predicted molar refractivity (Wildman–Crippen MR) is 74.0 cm³/mol. The third-order valence-corrected chi connectivity index (χ3v) is 3.74. The number of benzene rings is 1. The van der Waals surface area contributed by atoms with Gasteiger partial charge in [0.1, 0.15) is 19.0 Å². The molecule has 1 aromatic carbocycles. The molecular formula is C14H17BrO4. The number of esters is 1. The Morgan fingerprint density at radius 2 is 1.84 bits per heavy atom. The molecule has 1 fully saturated rings. The summed E-state index contributed by atoms with van der Waals surface area (Å²) in [5.41, 5.74) is -1.27. The number of hydrogen-bond donors (Lipinski definition) is 1. The molecule has 0 radical (unpaired) electrons. The molecule has 4 nitrogen and oxygen atoms in total. The van der Waals surface area contributed by atoms with Gasteiger partial charge in [0.2, 0.25) is 0 Å². The van der Waals surface area contributed by atoms with Crippen molar-refractivity contribution in [2.45, 2.75) is 31.3 Å². The van der Waals surface area contributed by atoms with Gasteiger partial charge in [-0.1, -0.05) is 15.9 Å². The second kappa shape index (κ2) is 6.39. The Kier molecular flexibility index (Phi) is 4.82. The second-order valence-corrected chi connectivity index (χ2v) is 5.59. The van der Waals surface area contributed by atoms with Crippen molar-refractivity contribution < 1.29 is 19.4 Å². The zero-order valence-electron chi connectivity index (χ0n) is 10.6. The van der Waals surface area contributed by atoms with Crippen LogP contribution in [0.1, 0.15) is 25.7 Å². The maximum absolute atomic E-state index is 11.7. The standard InChI is InChI=1S/C14H17BrO4/c15-11-3-5-12(6-4-11)18-9-10-19-13(16)14(17)7-1-2-8-14/h3-6,17H,1-2,7-10H2. The zero-order valence-corrected chi connectivity index (χ0v) is 12.2. The smallest absolute Gasteiger partial charge is 0.338 e. The van der Waals surface area contributed by atoms with Crippen molar-refractivity contribution in [2.75, 3.05) is 13.2 Å². The number of halogens is 1. The molecule has 0 atom stereocenters. The third kappa shape index (κ3) is 3.94. The fraction of sp³-hybridized carbons (Fsp3) is 0.500. The van der Waals surface area contributed by atoms with Crippen LogP contribution in [0, 0.1) is 0 Å². The van der Waals surface area contributed by atoms with Crippen molar-refractivity contribution in [1.29, 1.82) is 0 Å². The summed E-state index contributed by atoms with van der Waals surface area (Å²) in [4.78, 5) is 11.7. The van der Waals surface area contributed by atoms with Crippen LogP contribution in [0.4, 0.5) is 0 Å². The van der Waals surface area contributed by atoms with Crippen LogP contribution in [0.5, 0.6) is 5.75 Å². The summed E-state index contributed by atoms with van der Waals surface area (Å²) in [6, 6.07) is 7.41. The molecule has 0 aliphatic heterocycles. The molecule has 5 heteroatoms. The number of aliphatic hydroxyl groups is 1. The number of carbonyl (C=O) groups excluding carboxylic acids is 1. The molecule has 1 saturated carbocycles. The summed E-state index contributed by atoms with van der Waals surface area (Å²) in [6.45, 7) is 0.431. The van der Waals surface area contributed by atoms with Crippen LogP contribution in [0.2, 0.25) is 0 Å². The SMILES string of the molecule is O=C(OCCOc1ccc(Br)cc1)C1(O)CCCC1. The van der Waals surface area contributed by atoms with Crippen LogP contribution in [-0.4, -0.2) is 29.9 Å². The first-order valence-electron chi connectivity index (χ1n) is 6.38. The van der Waals surface area contributed by atoms with Crippen LogP contribution in [0.3, 0.4) is 0 Å². The van der Waals surface area contributed by atoms with Gasteiger partial charge in [0, 0.05) is 4.47 Å². The first-order chi connectivity index (χ1) is 9.10. The Morgan fingerprint density at radius 3 is 2.47 bits per heavy atom. The van der Waals surface area contributed by atoms with Gasteiger partial charge in [-0.3, -0.25) is 0 Å². The minimum atomic E-state index is -1.27. The molecule has 2 rings (SSSR count). The highest BCUT2D eigenvalue weighted by atomic mass is 79.9. The summed E-state index contributed by atoms with van der Waals surface area (Å²) >= 11 is 3.34. The van der Waals surface area contributed by atoms with E-state index in [2.05, 4.69) is 15.9 Å². The largest absolute Gasteiger partial charge is 0.490 e. The van der Waals surface area contributed by atoms with E-state index < -0.39 is 11.6 Å². The summed E-state index contributed by atoms with van der Waals surface area (Å²) in [6.07, 6.45) is 2.75. The molecule has 19 heavy (non-hydrogen) atoms. The van der Waals surface area contributed by atoms with Crippen molar-refractivity contribution in [1.82, 2.24) is 0 Å². The Morgan fingerprint density at radius 1 is 1.21 bits per heavy atom. The molecule has 0 heterocycles. The third-order valence-electron chi connectivity index (χ3n) is 3.21. The molecule has 0 spiro atoms. The lowest BCUT2D eigenvalue weighted by Gasteiger charge is -2.19. The Labute approximate surface area is 120 Å². The predicted octanol–water partition coefficient (Wildman–Crippen LogP) is 2.68. The lowest BCUT2D eigenvalue weighted by atomic mass is 10.0. The van der Waals surface area contributed by atoms with Gasteiger partial charge in [0.15, 0.2) is 5.60 Å². The van der Waals surface area contributed by atoms with Gasteiger partial charge < -0.3 is 14.6 Å². The first-order valence-corrected chi connectivity index (χ1v) is 7.17. The highest BCUT2D eigenvalue weighted by Gasteiger charge is 2.40. The van der Waals surface area contributed by atoms with E-state index >= 15 is 0 Å². The molecule has 0 bridgehead atoms. The number of rotatable bonds is 5. The van der Waals surface area contributed by atoms with Crippen LogP contribution in [-0.2, 0) is 9.53 Å². The average molecular weight is 329 g/mol. The Balaban J connectivity index is 1.69. The highest BCUT2D eigenvalue weighted by molar-refractivity contribution is 9.10. The van der Waals surface area contributed by atoms with Gasteiger partial charge in [0.25, 0.3) is 0 Å². The van der Waals surface area contributed by atoms with Gasteiger partial charge in [-0.25, -0.2) is 4.79 Å². The number of ether oxygens (including phenoxy) is 2. The zero-order chi connectivity index (χ0) is 13.7. The van der Waals surface area contributed by atoms with Crippen LogP contribution >= 0.6 is 15.9 Å². The van der Waals surface area contributed by atoms with Gasteiger partial charge in [-0.05, 0) is 49.9 Å². The summed E-state index contributed by atoms with van der Waals surface area (Å²) in [5.74, 6) is 0.197. The second-order valence-electron chi connectivity index (χ2n) is 4.68. The lowest BCUT2D eigenvalue weighted by Crippen LogP contribution is -2.37. The topological polar surface area (TPSA) is 55.8 Å². The van der Waals surface area contributed by atoms with E-state index in [1.54, 1.807) is 0 Å². The fourth-order valence-corrected chi connectivity index (χ4v) is 2.39. The van der Waals surface area contributed by atoms with Crippen molar-refractivity contribution in [2.24, 2.45) is 0 Å². The van der Waals surface area contributed by atoms with E-state index in [-0.39, 0.29) is 13.2 Å². The lowest BCUT2D eigenvalue weighted by molar-refractivity contribution is -0.165. The van der Waals surface area contributed by atoms with Gasteiger partial charge in [0.05, 0.1) is 0 Å².